The maximum absolute atomic E-state index is 12.6. The standard InChI is InChI=1S/C12H12ClF3O2/c1-11(17-7-10(6-13)18-11)8-3-2-4-9(5-8)12(14,15)16/h2-5,10H,6-7H2,1H3. The van der Waals surface area contributed by atoms with E-state index in [9.17, 15) is 13.2 Å². The summed E-state index contributed by atoms with van der Waals surface area (Å²) < 4.78 is 48.8. The van der Waals surface area contributed by atoms with Crippen LogP contribution >= 0.6 is 11.6 Å². The topological polar surface area (TPSA) is 18.5 Å². The Morgan fingerprint density at radius 2 is 2.17 bits per heavy atom. The van der Waals surface area contributed by atoms with Crippen molar-refractivity contribution in [3.8, 4) is 0 Å². The largest absolute Gasteiger partial charge is 0.416 e. The predicted molar refractivity (Wildman–Crippen MR) is 60.3 cm³/mol. The van der Waals surface area contributed by atoms with E-state index in [0.717, 1.165) is 12.1 Å². The van der Waals surface area contributed by atoms with Gasteiger partial charge >= 0.3 is 6.18 Å². The fourth-order valence-corrected chi connectivity index (χ4v) is 2.00. The predicted octanol–water partition coefficient (Wildman–Crippen LogP) is 3.53. The zero-order valence-electron chi connectivity index (χ0n) is 9.63. The van der Waals surface area contributed by atoms with Crippen LogP contribution in [0.2, 0.25) is 0 Å². The highest BCUT2D eigenvalue weighted by Gasteiger charge is 2.40. The molecule has 0 aliphatic carbocycles. The summed E-state index contributed by atoms with van der Waals surface area (Å²) in [5, 5.41) is 0. The molecule has 6 heteroatoms. The molecule has 2 atom stereocenters. The van der Waals surface area contributed by atoms with E-state index >= 15 is 0 Å². The molecule has 1 fully saturated rings. The van der Waals surface area contributed by atoms with Crippen LogP contribution in [0.5, 0.6) is 0 Å². The lowest BCUT2D eigenvalue weighted by Gasteiger charge is -2.24. The average Bonchev–Trinajstić information content (AvgIpc) is 2.72. The first kappa shape index (κ1) is 13.6. The van der Waals surface area contributed by atoms with Gasteiger partial charge in [-0.25, -0.2) is 0 Å². The van der Waals surface area contributed by atoms with E-state index in [4.69, 9.17) is 21.1 Å². The number of alkyl halides is 4. The van der Waals surface area contributed by atoms with Gasteiger partial charge in [0.15, 0.2) is 5.79 Å². The Morgan fingerprint density at radius 1 is 1.44 bits per heavy atom. The second-order valence-corrected chi connectivity index (χ2v) is 4.54. The van der Waals surface area contributed by atoms with Crippen molar-refractivity contribution in [2.75, 3.05) is 12.5 Å². The lowest BCUT2D eigenvalue weighted by Crippen LogP contribution is -2.25. The van der Waals surface area contributed by atoms with Crippen LogP contribution in [0.1, 0.15) is 18.1 Å². The Hall–Kier alpha value is -0.780. The van der Waals surface area contributed by atoms with Gasteiger partial charge in [-0.05, 0) is 19.1 Å². The van der Waals surface area contributed by atoms with Crippen molar-refractivity contribution in [1.29, 1.82) is 0 Å². The average molecular weight is 281 g/mol. The highest BCUT2D eigenvalue weighted by atomic mass is 35.5. The van der Waals surface area contributed by atoms with E-state index in [1.807, 2.05) is 0 Å². The van der Waals surface area contributed by atoms with Crippen molar-refractivity contribution in [2.24, 2.45) is 0 Å². The van der Waals surface area contributed by atoms with Crippen LogP contribution in [-0.2, 0) is 21.4 Å². The molecule has 1 aromatic rings. The number of halogens is 4. The maximum atomic E-state index is 12.6. The first-order chi connectivity index (χ1) is 8.35. The Kier molecular flexibility index (Phi) is 3.58. The van der Waals surface area contributed by atoms with E-state index in [2.05, 4.69) is 0 Å². The molecule has 0 saturated carbocycles. The molecule has 1 saturated heterocycles. The molecular weight excluding hydrogens is 269 g/mol. The Balaban J connectivity index is 2.29. The van der Waals surface area contributed by atoms with Crippen LogP contribution in [0.15, 0.2) is 24.3 Å². The lowest BCUT2D eigenvalue weighted by molar-refractivity contribution is -0.160. The van der Waals surface area contributed by atoms with Gasteiger partial charge < -0.3 is 9.47 Å². The fourth-order valence-electron chi connectivity index (χ4n) is 1.84. The number of benzene rings is 1. The summed E-state index contributed by atoms with van der Waals surface area (Å²) in [5.41, 5.74) is -0.382. The molecule has 1 aliphatic rings. The molecular formula is C12H12ClF3O2. The number of rotatable bonds is 2. The molecule has 2 unspecified atom stereocenters. The van der Waals surface area contributed by atoms with Gasteiger partial charge in [-0.3, -0.25) is 0 Å². The Bertz CT molecular complexity index is 436. The van der Waals surface area contributed by atoms with Crippen molar-refractivity contribution in [3.05, 3.63) is 35.4 Å². The molecule has 18 heavy (non-hydrogen) atoms. The molecule has 0 spiro atoms. The third-order valence-corrected chi connectivity index (χ3v) is 3.17. The first-order valence-corrected chi connectivity index (χ1v) is 5.94. The van der Waals surface area contributed by atoms with Crippen LogP contribution in [0.4, 0.5) is 13.2 Å². The maximum Gasteiger partial charge on any atom is 0.416 e. The third-order valence-electron chi connectivity index (χ3n) is 2.82. The van der Waals surface area contributed by atoms with Gasteiger partial charge in [0.05, 0.1) is 24.2 Å². The number of hydrogen-bond acceptors (Lipinski definition) is 2. The molecule has 0 amide bonds. The van der Waals surface area contributed by atoms with E-state index in [-0.39, 0.29) is 18.6 Å². The molecule has 100 valence electrons. The molecule has 0 N–H and O–H groups in total. The Labute approximate surface area is 108 Å². The molecule has 0 aromatic heterocycles. The zero-order valence-corrected chi connectivity index (χ0v) is 10.4. The van der Waals surface area contributed by atoms with Crippen molar-refractivity contribution in [3.63, 3.8) is 0 Å². The number of hydrogen-bond donors (Lipinski definition) is 0. The summed E-state index contributed by atoms with van der Waals surface area (Å²) >= 11 is 5.64. The zero-order chi connectivity index (χ0) is 13.4. The highest BCUT2D eigenvalue weighted by Crippen LogP contribution is 2.37. The molecule has 2 rings (SSSR count). The molecule has 1 heterocycles. The minimum atomic E-state index is -4.38. The van der Waals surface area contributed by atoms with Gasteiger partial charge in [0.2, 0.25) is 0 Å². The van der Waals surface area contributed by atoms with Gasteiger partial charge in [-0.1, -0.05) is 12.1 Å². The van der Waals surface area contributed by atoms with Gasteiger partial charge in [0, 0.05) is 5.56 Å². The van der Waals surface area contributed by atoms with Gasteiger partial charge in [-0.2, -0.15) is 13.2 Å². The minimum absolute atomic E-state index is 0.245. The molecule has 1 aromatic carbocycles. The van der Waals surface area contributed by atoms with Crippen LogP contribution in [-0.4, -0.2) is 18.6 Å². The van der Waals surface area contributed by atoms with Gasteiger partial charge in [0.25, 0.3) is 0 Å². The fraction of sp³-hybridized carbons (Fsp3) is 0.500. The summed E-state index contributed by atoms with van der Waals surface area (Å²) in [6.07, 6.45) is -4.68. The summed E-state index contributed by atoms with van der Waals surface area (Å²) in [7, 11) is 0. The smallest absolute Gasteiger partial charge is 0.343 e. The van der Waals surface area contributed by atoms with Crippen molar-refractivity contribution in [2.45, 2.75) is 25.0 Å². The van der Waals surface area contributed by atoms with Crippen molar-refractivity contribution in [1.82, 2.24) is 0 Å². The van der Waals surface area contributed by atoms with Gasteiger partial charge in [0.1, 0.15) is 0 Å². The van der Waals surface area contributed by atoms with Crippen LogP contribution in [0, 0.1) is 0 Å². The SMILES string of the molecule is CC1(c2cccc(C(F)(F)F)c2)OCC(CCl)O1. The summed E-state index contributed by atoms with van der Waals surface area (Å²) in [6.45, 7) is 1.87. The summed E-state index contributed by atoms with van der Waals surface area (Å²) in [4.78, 5) is 0. The van der Waals surface area contributed by atoms with Crippen molar-refractivity contribution < 1.29 is 22.6 Å². The second kappa shape index (κ2) is 4.72. The highest BCUT2D eigenvalue weighted by molar-refractivity contribution is 6.18. The third kappa shape index (κ3) is 2.63. The molecule has 0 radical (unpaired) electrons. The van der Waals surface area contributed by atoms with Crippen LogP contribution < -0.4 is 0 Å². The summed E-state index contributed by atoms with van der Waals surface area (Å²) in [5.74, 6) is -0.921. The lowest BCUT2D eigenvalue weighted by atomic mass is 10.0. The second-order valence-electron chi connectivity index (χ2n) is 4.23. The molecule has 0 bridgehead atoms. The van der Waals surface area contributed by atoms with E-state index in [0.29, 0.717) is 5.56 Å². The monoisotopic (exact) mass is 280 g/mol. The van der Waals surface area contributed by atoms with Crippen LogP contribution in [0.25, 0.3) is 0 Å². The van der Waals surface area contributed by atoms with Crippen LogP contribution in [0.3, 0.4) is 0 Å². The molecule has 2 nitrogen and oxygen atoms in total. The minimum Gasteiger partial charge on any atom is -0.343 e. The quantitative estimate of drug-likeness (QED) is 0.772. The van der Waals surface area contributed by atoms with E-state index in [1.54, 1.807) is 13.0 Å². The molecule has 1 aliphatic heterocycles. The van der Waals surface area contributed by atoms with Gasteiger partial charge in [-0.15, -0.1) is 11.6 Å². The van der Waals surface area contributed by atoms with E-state index in [1.165, 1.54) is 6.07 Å². The summed E-state index contributed by atoms with van der Waals surface area (Å²) in [6, 6.07) is 4.94. The Morgan fingerprint density at radius 3 is 2.72 bits per heavy atom. The first-order valence-electron chi connectivity index (χ1n) is 5.40. The number of ether oxygens (including phenoxy) is 2. The van der Waals surface area contributed by atoms with E-state index < -0.39 is 17.5 Å². The normalized spacial score (nSPS) is 28.6. The van der Waals surface area contributed by atoms with Crippen molar-refractivity contribution >= 4 is 11.6 Å².